The third-order valence-electron chi connectivity index (χ3n) is 3.48. The third-order valence-corrected chi connectivity index (χ3v) is 3.48. The van der Waals surface area contributed by atoms with Gasteiger partial charge in [0.25, 0.3) is 0 Å². The molecule has 1 aliphatic rings. The smallest absolute Gasteiger partial charge is 0.309 e. The predicted octanol–water partition coefficient (Wildman–Crippen LogP) is 3.01. The van der Waals surface area contributed by atoms with E-state index in [1.54, 1.807) is 0 Å². The number of ether oxygens (including phenoxy) is 1. The Balaban J connectivity index is 2.54. The molecule has 0 aromatic heterocycles. The van der Waals surface area contributed by atoms with Crippen molar-refractivity contribution in [1.82, 2.24) is 0 Å². The number of rotatable bonds is 4. The average molecular weight is 198 g/mol. The zero-order valence-corrected chi connectivity index (χ0v) is 9.58. The molecule has 0 aromatic carbocycles. The van der Waals surface area contributed by atoms with Crippen LogP contribution >= 0.6 is 0 Å². The van der Waals surface area contributed by atoms with Crippen LogP contribution in [0, 0.1) is 17.8 Å². The number of hydrogen-bond acceptors (Lipinski definition) is 2. The van der Waals surface area contributed by atoms with Crippen molar-refractivity contribution in [2.24, 2.45) is 17.8 Å². The first kappa shape index (κ1) is 11.5. The SMILES string of the molecule is CCOC(=O)C1CC(CC)CC1CC. The highest BCUT2D eigenvalue weighted by Crippen LogP contribution is 2.40. The fourth-order valence-corrected chi connectivity index (χ4v) is 2.56. The first-order valence-electron chi connectivity index (χ1n) is 5.89. The zero-order chi connectivity index (χ0) is 10.6. The minimum atomic E-state index is 0.0373. The Kier molecular flexibility index (Phi) is 4.43. The van der Waals surface area contributed by atoms with Crippen molar-refractivity contribution in [2.75, 3.05) is 6.61 Å². The van der Waals surface area contributed by atoms with Gasteiger partial charge in [-0.3, -0.25) is 4.79 Å². The Hall–Kier alpha value is -0.530. The standard InChI is InChI=1S/C12H22O2/c1-4-9-7-10(5-2)11(8-9)12(13)14-6-3/h9-11H,4-8H2,1-3H3. The molecule has 1 aliphatic carbocycles. The highest BCUT2D eigenvalue weighted by Gasteiger charge is 2.37. The Labute approximate surface area is 87.0 Å². The van der Waals surface area contributed by atoms with E-state index < -0.39 is 0 Å². The summed E-state index contributed by atoms with van der Waals surface area (Å²) in [6.45, 7) is 6.79. The van der Waals surface area contributed by atoms with Gasteiger partial charge in [0.15, 0.2) is 0 Å². The molecular formula is C12H22O2. The summed E-state index contributed by atoms with van der Waals surface area (Å²) >= 11 is 0. The van der Waals surface area contributed by atoms with Crippen LogP contribution in [0.1, 0.15) is 46.5 Å². The molecule has 0 heterocycles. The lowest BCUT2D eigenvalue weighted by Crippen LogP contribution is -2.21. The van der Waals surface area contributed by atoms with E-state index in [9.17, 15) is 4.79 Å². The minimum Gasteiger partial charge on any atom is -0.466 e. The van der Waals surface area contributed by atoms with E-state index in [2.05, 4.69) is 13.8 Å². The van der Waals surface area contributed by atoms with Gasteiger partial charge in [-0.1, -0.05) is 26.7 Å². The Morgan fingerprint density at radius 2 is 1.93 bits per heavy atom. The summed E-state index contributed by atoms with van der Waals surface area (Å²) in [5, 5.41) is 0. The van der Waals surface area contributed by atoms with E-state index in [1.165, 1.54) is 12.8 Å². The topological polar surface area (TPSA) is 26.3 Å². The molecule has 0 radical (unpaired) electrons. The lowest BCUT2D eigenvalue weighted by molar-refractivity contribution is -0.149. The lowest BCUT2D eigenvalue weighted by atomic mass is 9.94. The maximum Gasteiger partial charge on any atom is 0.309 e. The molecular weight excluding hydrogens is 176 g/mol. The van der Waals surface area contributed by atoms with Crippen LogP contribution in [-0.2, 0) is 9.53 Å². The lowest BCUT2D eigenvalue weighted by Gasteiger charge is -2.15. The van der Waals surface area contributed by atoms with Gasteiger partial charge in [-0.05, 0) is 31.6 Å². The number of carbonyl (C=O) groups excluding carboxylic acids is 1. The molecule has 1 fully saturated rings. The summed E-state index contributed by atoms with van der Waals surface area (Å²) in [6.07, 6.45) is 4.58. The van der Waals surface area contributed by atoms with Crippen molar-refractivity contribution in [3.8, 4) is 0 Å². The molecule has 0 bridgehead atoms. The van der Waals surface area contributed by atoms with Gasteiger partial charge in [0, 0.05) is 0 Å². The maximum absolute atomic E-state index is 11.7. The number of hydrogen-bond donors (Lipinski definition) is 0. The molecule has 0 aliphatic heterocycles. The van der Waals surface area contributed by atoms with Crippen LogP contribution in [0.3, 0.4) is 0 Å². The van der Waals surface area contributed by atoms with Gasteiger partial charge in [0.05, 0.1) is 12.5 Å². The maximum atomic E-state index is 11.7. The molecule has 14 heavy (non-hydrogen) atoms. The second kappa shape index (κ2) is 5.38. The summed E-state index contributed by atoms with van der Waals surface area (Å²) in [5.74, 6) is 1.54. The van der Waals surface area contributed by atoms with E-state index in [0.717, 1.165) is 18.8 Å². The van der Waals surface area contributed by atoms with Gasteiger partial charge >= 0.3 is 5.97 Å². The van der Waals surface area contributed by atoms with Crippen LogP contribution in [0.15, 0.2) is 0 Å². The monoisotopic (exact) mass is 198 g/mol. The molecule has 3 unspecified atom stereocenters. The molecule has 0 saturated heterocycles. The second-order valence-corrected chi connectivity index (χ2v) is 4.27. The fraction of sp³-hybridized carbons (Fsp3) is 0.917. The average Bonchev–Trinajstić information content (AvgIpc) is 2.61. The summed E-state index contributed by atoms with van der Waals surface area (Å²) in [7, 11) is 0. The minimum absolute atomic E-state index is 0.0373. The molecule has 0 aromatic rings. The van der Waals surface area contributed by atoms with Crippen LogP contribution in [0.4, 0.5) is 0 Å². The van der Waals surface area contributed by atoms with Crippen molar-refractivity contribution in [1.29, 1.82) is 0 Å². The van der Waals surface area contributed by atoms with Gasteiger partial charge in [-0.25, -0.2) is 0 Å². The fourth-order valence-electron chi connectivity index (χ4n) is 2.56. The van der Waals surface area contributed by atoms with Gasteiger partial charge in [-0.15, -0.1) is 0 Å². The largest absolute Gasteiger partial charge is 0.466 e. The number of esters is 1. The molecule has 2 nitrogen and oxygen atoms in total. The van der Waals surface area contributed by atoms with E-state index in [-0.39, 0.29) is 11.9 Å². The van der Waals surface area contributed by atoms with Crippen LogP contribution < -0.4 is 0 Å². The highest BCUT2D eigenvalue weighted by atomic mass is 16.5. The third kappa shape index (κ3) is 2.49. The number of carbonyl (C=O) groups is 1. The van der Waals surface area contributed by atoms with Crippen LogP contribution in [0.5, 0.6) is 0 Å². The van der Waals surface area contributed by atoms with Crippen molar-refractivity contribution < 1.29 is 9.53 Å². The molecule has 0 spiro atoms. The van der Waals surface area contributed by atoms with E-state index in [4.69, 9.17) is 4.74 Å². The quantitative estimate of drug-likeness (QED) is 0.649. The molecule has 0 amide bonds. The molecule has 2 heteroatoms. The second-order valence-electron chi connectivity index (χ2n) is 4.27. The Bertz CT molecular complexity index is 189. The van der Waals surface area contributed by atoms with Crippen LogP contribution in [0.25, 0.3) is 0 Å². The molecule has 3 atom stereocenters. The summed E-state index contributed by atoms with van der Waals surface area (Å²) in [5.41, 5.74) is 0. The van der Waals surface area contributed by atoms with Crippen molar-refractivity contribution in [3.05, 3.63) is 0 Å². The normalized spacial score (nSPS) is 31.8. The molecule has 0 N–H and O–H groups in total. The van der Waals surface area contributed by atoms with E-state index in [0.29, 0.717) is 12.5 Å². The van der Waals surface area contributed by atoms with Crippen molar-refractivity contribution in [3.63, 3.8) is 0 Å². The van der Waals surface area contributed by atoms with Gasteiger partial charge in [-0.2, -0.15) is 0 Å². The summed E-state index contributed by atoms with van der Waals surface area (Å²) in [6, 6.07) is 0. The predicted molar refractivity (Wildman–Crippen MR) is 56.9 cm³/mol. The van der Waals surface area contributed by atoms with Crippen LogP contribution in [-0.4, -0.2) is 12.6 Å². The Morgan fingerprint density at radius 1 is 1.21 bits per heavy atom. The Morgan fingerprint density at radius 3 is 2.43 bits per heavy atom. The zero-order valence-electron chi connectivity index (χ0n) is 9.58. The van der Waals surface area contributed by atoms with Gasteiger partial charge < -0.3 is 4.74 Å². The summed E-state index contributed by atoms with van der Waals surface area (Å²) in [4.78, 5) is 11.7. The summed E-state index contributed by atoms with van der Waals surface area (Å²) < 4.78 is 5.11. The van der Waals surface area contributed by atoms with Crippen molar-refractivity contribution in [2.45, 2.75) is 46.5 Å². The highest BCUT2D eigenvalue weighted by molar-refractivity contribution is 5.73. The van der Waals surface area contributed by atoms with E-state index >= 15 is 0 Å². The molecule has 1 saturated carbocycles. The van der Waals surface area contributed by atoms with Gasteiger partial charge in [0.2, 0.25) is 0 Å². The molecule has 82 valence electrons. The first-order chi connectivity index (χ1) is 6.72. The van der Waals surface area contributed by atoms with Crippen LogP contribution in [0.2, 0.25) is 0 Å². The van der Waals surface area contributed by atoms with E-state index in [1.807, 2.05) is 6.92 Å². The van der Waals surface area contributed by atoms with Crippen molar-refractivity contribution >= 4 is 5.97 Å². The van der Waals surface area contributed by atoms with Gasteiger partial charge in [0.1, 0.15) is 0 Å². The molecule has 1 rings (SSSR count). The first-order valence-corrected chi connectivity index (χ1v) is 5.89.